The van der Waals surface area contributed by atoms with Crippen LogP contribution >= 0.6 is 0 Å². The van der Waals surface area contributed by atoms with Crippen LogP contribution < -0.4 is 4.74 Å². The average molecular weight is 209 g/mol. The molecule has 0 bridgehead atoms. The summed E-state index contributed by atoms with van der Waals surface area (Å²) in [6, 6.07) is 1.96. The van der Waals surface area contributed by atoms with Crippen LogP contribution in [0.4, 0.5) is 0 Å². The van der Waals surface area contributed by atoms with Crippen molar-refractivity contribution in [2.24, 2.45) is 5.92 Å². The summed E-state index contributed by atoms with van der Waals surface area (Å²) in [5.41, 5.74) is 1.11. The minimum absolute atomic E-state index is 0.240. The van der Waals surface area contributed by atoms with Crippen molar-refractivity contribution in [1.82, 2.24) is 4.98 Å². The summed E-state index contributed by atoms with van der Waals surface area (Å²) in [6.07, 6.45) is 4.87. The summed E-state index contributed by atoms with van der Waals surface area (Å²) in [4.78, 5) is 4.07. The molecule has 84 valence electrons. The number of hydrogen-bond donors (Lipinski definition) is 1. The lowest BCUT2D eigenvalue weighted by atomic mass is 10.0. The van der Waals surface area contributed by atoms with Crippen LogP contribution in [-0.2, 0) is 6.42 Å². The zero-order chi connectivity index (χ0) is 11.3. The van der Waals surface area contributed by atoms with Crippen molar-refractivity contribution in [3.8, 4) is 5.75 Å². The second kappa shape index (κ2) is 5.71. The molecule has 0 aliphatic heterocycles. The minimum atomic E-state index is -0.240. The topological polar surface area (TPSA) is 42.4 Å². The van der Waals surface area contributed by atoms with Crippen LogP contribution in [0.25, 0.3) is 0 Å². The van der Waals surface area contributed by atoms with Gasteiger partial charge >= 0.3 is 0 Å². The quantitative estimate of drug-likeness (QED) is 0.807. The molecule has 1 rings (SSSR count). The molecule has 1 N–H and O–H groups in total. The summed E-state index contributed by atoms with van der Waals surface area (Å²) in [6.45, 7) is 4.04. The fourth-order valence-corrected chi connectivity index (χ4v) is 1.36. The fourth-order valence-electron chi connectivity index (χ4n) is 1.36. The molecule has 0 aliphatic rings. The van der Waals surface area contributed by atoms with Gasteiger partial charge in [0, 0.05) is 6.20 Å². The third kappa shape index (κ3) is 3.88. The van der Waals surface area contributed by atoms with Crippen molar-refractivity contribution < 1.29 is 9.84 Å². The van der Waals surface area contributed by atoms with E-state index in [2.05, 4.69) is 4.98 Å². The second-order valence-corrected chi connectivity index (χ2v) is 4.08. The van der Waals surface area contributed by atoms with Gasteiger partial charge in [-0.3, -0.25) is 4.98 Å². The van der Waals surface area contributed by atoms with Crippen LogP contribution in [0.5, 0.6) is 5.75 Å². The maximum absolute atomic E-state index is 9.66. The van der Waals surface area contributed by atoms with Gasteiger partial charge in [-0.05, 0) is 30.4 Å². The van der Waals surface area contributed by atoms with Crippen molar-refractivity contribution in [3.63, 3.8) is 0 Å². The van der Waals surface area contributed by atoms with Gasteiger partial charge in [-0.25, -0.2) is 0 Å². The molecule has 3 heteroatoms. The Morgan fingerprint density at radius 3 is 2.73 bits per heavy atom. The summed E-state index contributed by atoms with van der Waals surface area (Å²) in [7, 11) is 1.63. The molecule has 1 atom stereocenters. The first-order valence-electron chi connectivity index (χ1n) is 5.29. The van der Waals surface area contributed by atoms with Gasteiger partial charge in [0.2, 0.25) is 0 Å². The molecule has 0 amide bonds. The number of pyridine rings is 1. The molecular weight excluding hydrogens is 190 g/mol. The normalized spacial score (nSPS) is 12.9. The molecule has 3 nitrogen and oxygen atoms in total. The molecule has 0 aromatic carbocycles. The van der Waals surface area contributed by atoms with Crippen molar-refractivity contribution in [3.05, 3.63) is 24.0 Å². The standard InChI is InChI=1S/C12H19NO2/c1-9(2)12(14)5-4-10-6-11(15-3)8-13-7-10/h6-9,12,14H,4-5H2,1-3H3. The molecule has 15 heavy (non-hydrogen) atoms. The molecule has 0 saturated carbocycles. The van der Waals surface area contributed by atoms with E-state index in [-0.39, 0.29) is 6.10 Å². The molecule has 0 fully saturated rings. The third-order valence-corrected chi connectivity index (χ3v) is 2.50. The summed E-state index contributed by atoms with van der Waals surface area (Å²) < 4.78 is 5.08. The highest BCUT2D eigenvalue weighted by Gasteiger charge is 2.09. The number of hydrogen-bond acceptors (Lipinski definition) is 3. The highest BCUT2D eigenvalue weighted by Crippen LogP contribution is 2.14. The van der Waals surface area contributed by atoms with Crippen LogP contribution in [0.15, 0.2) is 18.5 Å². The van der Waals surface area contributed by atoms with E-state index in [4.69, 9.17) is 4.74 Å². The Labute approximate surface area is 91.1 Å². The number of nitrogens with zero attached hydrogens (tertiary/aromatic N) is 1. The first-order chi connectivity index (χ1) is 7.13. The monoisotopic (exact) mass is 209 g/mol. The first kappa shape index (κ1) is 12.0. The summed E-state index contributed by atoms with van der Waals surface area (Å²) in [5, 5.41) is 9.66. The summed E-state index contributed by atoms with van der Waals surface area (Å²) in [5.74, 6) is 1.08. The largest absolute Gasteiger partial charge is 0.495 e. The van der Waals surface area contributed by atoms with E-state index >= 15 is 0 Å². The van der Waals surface area contributed by atoms with E-state index in [9.17, 15) is 5.11 Å². The van der Waals surface area contributed by atoms with E-state index in [1.54, 1.807) is 13.3 Å². The molecule has 1 aromatic heterocycles. The number of aliphatic hydroxyl groups is 1. The molecule has 0 spiro atoms. The van der Waals surface area contributed by atoms with Crippen molar-refractivity contribution >= 4 is 0 Å². The Morgan fingerprint density at radius 1 is 1.40 bits per heavy atom. The lowest BCUT2D eigenvalue weighted by molar-refractivity contribution is 0.116. The Hall–Kier alpha value is -1.09. The Kier molecular flexibility index (Phi) is 4.56. The molecule has 1 heterocycles. The lowest BCUT2D eigenvalue weighted by Gasteiger charge is -2.13. The molecule has 0 radical (unpaired) electrons. The van der Waals surface area contributed by atoms with Crippen LogP contribution in [0.1, 0.15) is 25.8 Å². The van der Waals surface area contributed by atoms with E-state index in [0.717, 1.165) is 24.2 Å². The van der Waals surface area contributed by atoms with Crippen LogP contribution in [0.3, 0.4) is 0 Å². The van der Waals surface area contributed by atoms with Crippen LogP contribution in [0.2, 0.25) is 0 Å². The Balaban J connectivity index is 2.50. The van der Waals surface area contributed by atoms with Crippen LogP contribution in [-0.4, -0.2) is 23.3 Å². The SMILES string of the molecule is COc1cncc(CCC(O)C(C)C)c1. The fraction of sp³-hybridized carbons (Fsp3) is 0.583. The molecule has 0 aliphatic carbocycles. The molecule has 1 unspecified atom stereocenters. The van der Waals surface area contributed by atoms with Gasteiger partial charge in [-0.1, -0.05) is 13.8 Å². The smallest absolute Gasteiger partial charge is 0.137 e. The number of aryl methyl sites for hydroxylation is 1. The zero-order valence-electron chi connectivity index (χ0n) is 9.60. The molecule has 1 aromatic rings. The van der Waals surface area contributed by atoms with E-state index in [1.807, 2.05) is 26.1 Å². The minimum Gasteiger partial charge on any atom is -0.495 e. The van der Waals surface area contributed by atoms with Crippen molar-refractivity contribution in [1.29, 1.82) is 0 Å². The number of aromatic nitrogens is 1. The lowest BCUT2D eigenvalue weighted by Crippen LogP contribution is -2.15. The van der Waals surface area contributed by atoms with Crippen LogP contribution in [0, 0.1) is 5.92 Å². The van der Waals surface area contributed by atoms with E-state index in [0.29, 0.717) is 5.92 Å². The van der Waals surface area contributed by atoms with E-state index < -0.39 is 0 Å². The van der Waals surface area contributed by atoms with Crippen molar-refractivity contribution in [2.45, 2.75) is 32.8 Å². The molecule has 0 saturated heterocycles. The van der Waals surface area contributed by atoms with Gasteiger partial charge in [-0.2, -0.15) is 0 Å². The van der Waals surface area contributed by atoms with Gasteiger partial charge in [0.1, 0.15) is 5.75 Å². The van der Waals surface area contributed by atoms with Gasteiger partial charge in [0.15, 0.2) is 0 Å². The summed E-state index contributed by atoms with van der Waals surface area (Å²) >= 11 is 0. The highest BCUT2D eigenvalue weighted by atomic mass is 16.5. The second-order valence-electron chi connectivity index (χ2n) is 4.08. The number of ether oxygens (including phenoxy) is 1. The van der Waals surface area contributed by atoms with Crippen molar-refractivity contribution in [2.75, 3.05) is 7.11 Å². The number of rotatable bonds is 5. The highest BCUT2D eigenvalue weighted by molar-refractivity contribution is 5.23. The average Bonchev–Trinajstić information content (AvgIpc) is 2.26. The van der Waals surface area contributed by atoms with Gasteiger partial charge in [-0.15, -0.1) is 0 Å². The predicted octanol–water partition coefficient (Wildman–Crippen LogP) is 2.04. The Bertz CT molecular complexity index is 299. The predicted molar refractivity (Wildman–Crippen MR) is 60.0 cm³/mol. The number of aliphatic hydroxyl groups excluding tert-OH is 1. The molecular formula is C12H19NO2. The number of methoxy groups -OCH3 is 1. The van der Waals surface area contributed by atoms with E-state index in [1.165, 1.54) is 0 Å². The maximum Gasteiger partial charge on any atom is 0.137 e. The van der Waals surface area contributed by atoms with Gasteiger partial charge in [0.05, 0.1) is 19.4 Å². The van der Waals surface area contributed by atoms with Gasteiger partial charge in [0.25, 0.3) is 0 Å². The first-order valence-corrected chi connectivity index (χ1v) is 5.29. The Morgan fingerprint density at radius 2 is 2.13 bits per heavy atom. The van der Waals surface area contributed by atoms with Gasteiger partial charge < -0.3 is 9.84 Å². The third-order valence-electron chi connectivity index (χ3n) is 2.50. The zero-order valence-corrected chi connectivity index (χ0v) is 9.60. The maximum atomic E-state index is 9.66.